The fourth-order valence-electron chi connectivity index (χ4n) is 3.05. The van der Waals surface area contributed by atoms with Gasteiger partial charge in [-0.2, -0.15) is 4.98 Å². The topological polar surface area (TPSA) is 92.7 Å². The van der Waals surface area contributed by atoms with E-state index in [-0.39, 0.29) is 5.91 Å². The molecule has 2 N–H and O–H groups in total. The van der Waals surface area contributed by atoms with Crippen molar-refractivity contribution in [2.24, 2.45) is 0 Å². The maximum atomic E-state index is 12.8. The molecule has 4 rings (SSSR count). The summed E-state index contributed by atoms with van der Waals surface area (Å²) in [6.07, 6.45) is 3.54. The Labute approximate surface area is 164 Å². The molecule has 28 heavy (non-hydrogen) atoms. The van der Waals surface area contributed by atoms with Gasteiger partial charge in [-0.15, -0.1) is 11.8 Å². The van der Waals surface area contributed by atoms with Gasteiger partial charge in [-0.3, -0.25) is 9.36 Å². The number of imidazole rings is 1. The summed E-state index contributed by atoms with van der Waals surface area (Å²) in [4.78, 5) is 35.2. The van der Waals surface area contributed by atoms with Crippen molar-refractivity contribution in [3.63, 3.8) is 0 Å². The average Bonchev–Trinajstić information content (AvgIpc) is 3.11. The summed E-state index contributed by atoms with van der Waals surface area (Å²) in [5.41, 5.74) is 3.72. The van der Waals surface area contributed by atoms with Crippen LogP contribution < -0.4 is 11.0 Å². The van der Waals surface area contributed by atoms with Gasteiger partial charge in [0.15, 0.2) is 0 Å². The van der Waals surface area contributed by atoms with Crippen LogP contribution in [0.2, 0.25) is 0 Å². The lowest BCUT2D eigenvalue weighted by Gasteiger charge is -2.10. The van der Waals surface area contributed by atoms with Gasteiger partial charge in [0.05, 0.1) is 16.6 Å². The molecule has 0 atom stereocenters. The van der Waals surface area contributed by atoms with Crippen molar-refractivity contribution < 1.29 is 4.79 Å². The smallest absolute Gasteiger partial charge is 0.322 e. The summed E-state index contributed by atoms with van der Waals surface area (Å²) >= 11 is 1.26. The highest BCUT2D eigenvalue weighted by molar-refractivity contribution is 7.98. The van der Waals surface area contributed by atoms with Crippen LogP contribution in [-0.2, 0) is 0 Å². The number of rotatable bonds is 4. The third kappa shape index (κ3) is 3.29. The number of thioether (sulfide) groups is 1. The van der Waals surface area contributed by atoms with Gasteiger partial charge in [-0.05, 0) is 43.5 Å². The summed E-state index contributed by atoms with van der Waals surface area (Å²) in [5.74, 6) is -0.326. The number of H-pyrrole nitrogens is 1. The third-order valence-corrected chi connectivity index (χ3v) is 5.03. The number of aryl methyl sites for hydroxylation is 1. The quantitative estimate of drug-likeness (QED) is 0.411. The summed E-state index contributed by atoms with van der Waals surface area (Å²) in [6.45, 7) is 1.68. The minimum Gasteiger partial charge on any atom is -0.322 e. The van der Waals surface area contributed by atoms with Crippen molar-refractivity contribution in [1.29, 1.82) is 0 Å². The van der Waals surface area contributed by atoms with Gasteiger partial charge >= 0.3 is 5.69 Å². The first-order valence-corrected chi connectivity index (χ1v) is 9.78. The van der Waals surface area contributed by atoms with Crippen molar-refractivity contribution in [3.8, 4) is 5.69 Å². The van der Waals surface area contributed by atoms with Gasteiger partial charge < -0.3 is 10.3 Å². The molecular formula is C20H17N5O2S. The molecule has 2 heterocycles. The number of hydrogen-bond acceptors (Lipinski definition) is 5. The molecule has 0 radical (unpaired) electrons. The number of carbonyl (C=O) groups is 1. The molecule has 0 saturated heterocycles. The first-order chi connectivity index (χ1) is 13.6. The molecule has 0 aliphatic heterocycles. The lowest BCUT2D eigenvalue weighted by atomic mass is 10.2. The first kappa shape index (κ1) is 18.0. The predicted molar refractivity (Wildman–Crippen MR) is 110 cm³/mol. The maximum absolute atomic E-state index is 12.8. The van der Waals surface area contributed by atoms with Crippen molar-refractivity contribution in [2.45, 2.75) is 11.9 Å². The van der Waals surface area contributed by atoms with E-state index in [0.717, 1.165) is 16.7 Å². The Morgan fingerprint density at radius 1 is 1.18 bits per heavy atom. The molecule has 2 aromatic heterocycles. The molecule has 0 spiro atoms. The van der Waals surface area contributed by atoms with Gasteiger partial charge in [-0.25, -0.2) is 9.78 Å². The molecule has 8 heteroatoms. The molecule has 4 aromatic rings. The van der Waals surface area contributed by atoms with Gasteiger partial charge in [0, 0.05) is 17.1 Å². The van der Waals surface area contributed by atoms with Crippen molar-refractivity contribution in [3.05, 3.63) is 76.6 Å². The maximum Gasteiger partial charge on any atom is 0.346 e. The second-order valence-electron chi connectivity index (χ2n) is 6.16. The minimum absolute atomic E-state index is 0.326. The SMILES string of the molecule is CSc1nc(=O)[nH]c(C)c1C(=O)Nc1ccc2c(c1)ncn2-c1ccccc1. The van der Waals surface area contributed by atoms with Crippen molar-refractivity contribution >= 4 is 34.4 Å². The average molecular weight is 391 g/mol. The number of amides is 1. The summed E-state index contributed by atoms with van der Waals surface area (Å²) in [6, 6.07) is 15.5. The van der Waals surface area contributed by atoms with Crippen LogP contribution in [0.15, 0.2) is 64.7 Å². The number of nitrogens with one attached hydrogen (secondary N) is 2. The molecule has 0 bridgehead atoms. The lowest BCUT2D eigenvalue weighted by molar-refractivity contribution is 0.102. The Morgan fingerprint density at radius 3 is 2.71 bits per heavy atom. The molecule has 1 amide bonds. The van der Waals surface area contributed by atoms with E-state index in [4.69, 9.17) is 0 Å². The molecule has 0 aliphatic rings. The van der Waals surface area contributed by atoms with Crippen molar-refractivity contribution in [1.82, 2.24) is 19.5 Å². The van der Waals surface area contributed by atoms with E-state index < -0.39 is 5.69 Å². The zero-order valence-electron chi connectivity index (χ0n) is 15.3. The predicted octanol–water partition coefficient (Wildman–Crippen LogP) is 3.39. The zero-order chi connectivity index (χ0) is 19.7. The molecular weight excluding hydrogens is 374 g/mol. The van der Waals surface area contributed by atoms with Crippen LogP contribution >= 0.6 is 11.8 Å². The fraction of sp³-hybridized carbons (Fsp3) is 0.100. The number of para-hydroxylation sites is 1. The summed E-state index contributed by atoms with van der Waals surface area (Å²) in [7, 11) is 0. The van der Waals surface area contributed by atoms with E-state index in [1.54, 1.807) is 19.5 Å². The van der Waals surface area contributed by atoms with Gasteiger partial charge in [0.2, 0.25) is 0 Å². The Morgan fingerprint density at radius 2 is 1.96 bits per heavy atom. The fourth-order valence-corrected chi connectivity index (χ4v) is 3.68. The molecule has 2 aromatic carbocycles. The number of aromatic amines is 1. The normalized spacial score (nSPS) is 10.9. The highest BCUT2D eigenvalue weighted by Crippen LogP contribution is 2.23. The van der Waals surface area contributed by atoms with Crippen LogP contribution in [0, 0.1) is 6.92 Å². The van der Waals surface area contributed by atoms with Gasteiger partial charge in [0.1, 0.15) is 11.4 Å². The van der Waals surface area contributed by atoms with Crippen LogP contribution in [0.4, 0.5) is 5.69 Å². The largest absolute Gasteiger partial charge is 0.346 e. The van der Waals surface area contributed by atoms with E-state index in [1.165, 1.54) is 11.8 Å². The van der Waals surface area contributed by atoms with Crippen molar-refractivity contribution in [2.75, 3.05) is 11.6 Å². The number of benzene rings is 2. The monoisotopic (exact) mass is 391 g/mol. The Kier molecular flexibility index (Phi) is 4.70. The molecule has 140 valence electrons. The number of fused-ring (bicyclic) bond motifs is 1. The van der Waals surface area contributed by atoms with Crippen LogP contribution in [0.3, 0.4) is 0 Å². The summed E-state index contributed by atoms with van der Waals surface area (Å²) in [5, 5.41) is 3.27. The molecule has 0 saturated carbocycles. The summed E-state index contributed by atoms with van der Waals surface area (Å²) < 4.78 is 1.99. The Balaban J connectivity index is 1.66. The molecule has 7 nitrogen and oxygen atoms in total. The third-order valence-electron chi connectivity index (χ3n) is 4.35. The Bertz CT molecular complexity index is 1230. The standard InChI is InChI=1S/C20H17N5O2S/c1-12-17(19(28-2)24-20(27)22-12)18(26)23-13-8-9-16-15(10-13)21-11-25(16)14-6-4-3-5-7-14/h3-11H,1-2H3,(H,23,26)(H,22,24,27). The molecule has 0 fully saturated rings. The highest BCUT2D eigenvalue weighted by Gasteiger charge is 2.17. The highest BCUT2D eigenvalue weighted by atomic mass is 32.2. The van der Waals surface area contributed by atoms with Crippen LogP contribution in [0.25, 0.3) is 16.7 Å². The van der Waals surface area contributed by atoms with E-state index in [2.05, 4.69) is 20.3 Å². The van der Waals surface area contributed by atoms with Crippen LogP contribution in [-0.4, -0.2) is 31.7 Å². The molecule has 0 unspecified atom stereocenters. The lowest BCUT2D eigenvalue weighted by Crippen LogP contribution is -2.22. The van der Waals surface area contributed by atoms with Crippen LogP contribution in [0.5, 0.6) is 0 Å². The first-order valence-electron chi connectivity index (χ1n) is 8.55. The number of hydrogen-bond donors (Lipinski definition) is 2. The molecule has 0 aliphatic carbocycles. The number of nitrogens with zero attached hydrogens (tertiary/aromatic N) is 3. The van der Waals surface area contributed by atoms with Gasteiger partial charge in [-0.1, -0.05) is 18.2 Å². The zero-order valence-corrected chi connectivity index (χ0v) is 16.1. The second kappa shape index (κ2) is 7.32. The van der Waals surface area contributed by atoms with E-state index >= 15 is 0 Å². The van der Waals surface area contributed by atoms with Gasteiger partial charge in [0.25, 0.3) is 5.91 Å². The number of carbonyl (C=O) groups excluding carboxylic acids is 1. The van der Waals surface area contributed by atoms with E-state index in [1.807, 2.05) is 53.1 Å². The second-order valence-corrected chi connectivity index (χ2v) is 6.95. The van der Waals surface area contributed by atoms with E-state index in [9.17, 15) is 9.59 Å². The minimum atomic E-state index is -0.466. The van der Waals surface area contributed by atoms with Crippen LogP contribution in [0.1, 0.15) is 16.1 Å². The number of anilines is 1. The number of aromatic nitrogens is 4. The Hall–Kier alpha value is -3.39. The van der Waals surface area contributed by atoms with E-state index in [0.29, 0.717) is 22.0 Å².